The van der Waals surface area contributed by atoms with Gasteiger partial charge < -0.3 is 4.74 Å². The molecule has 1 atom stereocenters. The van der Waals surface area contributed by atoms with Crippen LogP contribution in [0.15, 0.2) is 4.34 Å². The lowest BCUT2D eigenvalue weighted by molar-refractivity contribution is -0.148. The van der Waals surface area contributed by atoms with Gasteiger partial charge in [-0.05, 0) is 51.1 Å². The molecular weight excluding hydrogens is 294 g/mol. The SMILES string of the molecule is COC(=O)C(CSc1nc(C)ns1)(NC(C)C)C1CC1. The Morgan fingerprint density at radius 3 is 2.75 bits per heavy atom. The van der Waals surface area contributed by atoms with Crippen molar-refractivity contribution in [3.05, 3.63) is 5.82 Å². The minimum absolute atomic E-state index is 0.164. The predicted molar refractivity (Wildman–Crippen MR) is 81.1 cm³/mol. The fourth-order valence-corrected chi connectivity index (χ4v) is 4.26. The highest BCUT2D eigenvalue weighted by Crippen LogP contribution is 2.43. The molecule has 112 valence electrons. The number of aromatic nitrogens is 2. The molecule has 1 heterocycles. The molecule has 0 aliphatic heterocycles. The zero-order chi connectivity index (χ0) is 14.8. The van der Waals surface area contributed by atoms with Gasteiger partial charge in [0.25, 0.3) is 0 Å². The molecule has 1 saturated carbocycles. The Labute approximate surface area is 128 Å². The summed E-state index contributed by atoms with van der Waals surface area (Å²) in [6.45, 7) is 5.99. The van der Waals surface area contributed by atoms with Gasteiger partial charge in [0.05, 0.1) is 7.11 Å². The van der Waals surface area contributed by atoms with Gasteiger partial charge in [-0.25, -0.2) is 4.98 Å². The molecule has 20 heavy (non-hydrogen) atoms. The molecule has 1 fully saturated rings. The molecule has 1 aliphatic carbocycles. The first-order valence-corrected chi connectivity index (χ1v) is 8.53. The third kappa shape index (κ3) is 3.51. The fraction of sp³-hybridized carbons (Fsp3) is 0.769. The number of hydrogen-bond acceptors (Lipinski definition) is 7. The predicted octanol–water partition coefficient (Wildman–Crippen LogP) is 2.26. The summed E-state index contributed by atoms with van der Waals surface area (Å²) in [6.07, 6.45) is 2.15. The van der Waals surface area contributed by atoms with Crippen molar-refractivity contribution in [2.24, 2.45) is 5.92 Å². The first-order chi connectivity index (χ1) is 9.48. The van der Waals surface area contributed by atoms with Gasteiger partial charge in [-0.1, -0.05) is 11.8 Å². The summed E-state index contributed by atoms with van der Waals surface area (Å²) in [6, 6.07) is 0.228. The maximum atomic E-state index is 12.3. The Hall–Kier alpha value is -0.660. The number of nitrogens with one attached hydrogen (secondary N) is 1. The van der Waals surface area contributed by atoms with E-state index in [9.17, 15) is 4.79 Å². The van der Waals surface area contributed by atoms with Crippen molar-refractivity contribution in [1.29, 1.82) is 0 Å². The quantitative estimate of drug-likeness (QED) is 0.615. The number of aryl methyl sites for hydroxylation is 1. The standard InChI is InChI=1S/C13H21N3O2S2/c1-8(2)15-13(10-5-6-10,11(17)18-4)7-19-12-14-9(3)16-20-12/h8,10,15H,5-7H2,1-4H3. The van der Waals surface area contributed by atoms with Crippen molar-refractivity contribution < 1.29 is 9.53 Å². The van der Waals surface area contributed by atoms with Crippen molar-refractivity contribution in [1.82, 2.24) is 14.7 Å². The number of hydrogen-bond donors (Lipinski definition) is 1. The number of ether oxygens (including phenoxy) is 1. The molecule has 0 amide bonds. The molecule has 1 N–H and O–H groups in total. The van der Waals surface area contributed by atoms with Crippen molar-refractivity contribution in [3.63, 3.8) is 0 Å². The van der Waals surface area contributed by atoms with E-state index in [4.69, 9.17) is 4.74 Å². The molecule has 0 radical (unpaired) electrons. The molecule has 0 aromatic carbocycles. The van der Waals surface area contributed by atoms with Crippen LogP contribution >= 0.6 is 23.3 Å². The lowest BCUT2D eigenvalue weighted by Crippen LogP contribution is -2.59. The molecule has 0 bridgehead atoms. The summed E-state index contributed by atoms with van der Waals surface area (Å²) in [7, 11) is 1.46. The molecule has 2 rings (SSSR count). The Morgan fingerprint density at radius 2 is 2.30 bits per heavy atom. The smallest absolute Gasteiger partial charge is 0.327 e. The van der Waals surface area contributed by atoms with Crippen LogP contribution < -0.4 is 5.32 Å². The number of methoxy groups -OCH3 is 1. The van der Waals surface area contributed by atoms with E-state index in [2.05, 4.69) is 28.5 Å². The average molecular weight is 315 g/mol. The zero-order valence-corrected chi connectivity index (χ0v) is 13.9. The summed E-state index contributed by atoms with van der Waals surface area (Å²) < 4.78 is 10.1. The molecule has 1 aromatic heterocycles. The Morgan fingerprint density at radius 1 is 1.60 bits per heavy atom. The Kier molecular flexibility index (Phi) is 5.04. The number of esters is 1. The number of carbonyl (C=O) groups is 1. The van der Waals surface area contributed by atoms with Crippen LogP contribution in [0.5, 0.6) is 0 Å². The third-order valence-corrected chi connectivity index (χ3v) is 5.42. The van der Waals surface area contributed by atoms with Crippen LogP contribution in [0.3, 0.4) is 0 Å². The van der Waals surface area contributed by atoms with Crippen molar-refractivity contribution in [2.75, 3.05) is 12.9 Å². The van der Waals surface area contributed by atoms with E-state index in [0.717, 1.165) is 23.0 Å². The van der Waals surface area contributed by atoms with Gasteiger partial charge in [-0.15, -0.1) is 0 Å². The zero-order valence-electron chi connectivity index (χ0n) is 12.3. The van der Waals surface area contributed by atoms with Gasteiger partial charge in [0.15, 0.2) is 4.34 Å². The molecule has 1 unspecified atom stereocenters. The summed E-state index contributed by atoms with van der Waals surface area (Å²) in [5.41, 5.74) is -0.604. The van der Waals surface area contributed by atoms with Crippen LogP contribution in [-0.4, -0.2) is 39.8 Å². The molecular formula is C13H21N3O2S2. The van der Waals surface area contributed by atoms with Crippen molar-refractivity contribution >= 4 is 29.3 Å². The van der Waals surface area contributed by atoms with Gasteiger partial charge in [-0.3, -0.25) is 10.1 Å². The molecule has 7 heteroatoms. The number of nitrogens with zero attached hydrogens (tertiary/aromatic N) is 2. The molecule has 0 saturated heterocycles. The molecule has 1 aliphatic rings. The highest BCUT2D eigenvalue weighted by Gasteiger charge is 2.52. The Bertz CT molecular complexity index is 474. The molecule has 0 spiro atoms. The summed E-state index contributed by atoms with van der Waals surface area (Å²) in [5.74, 6) is 1.61. The number of rotatable bonds is 7. The lowest BCUT2D eigenvalue weighted by atomic mass is 9.94. The van der Waals surface area contributed by atoms with Gasteiger partial charge >= 0.3 is 5.97 Å². The first-order valence-electron chi connectivity index (χ1n) is 6.77. The van der Waals surface area contributed by atoms with Crippen molar-refractivity contribution in [3.8, 4) is 0 Å². The van der Waals surface area contributed by atoms with E-state index in [1.54, 1.807) is 11.8 Å². The van der Waals surface area contributed by atoms with E-state index in [-0.39, 0.29) is 12.0 Å². The minimum atomic E-state index is -0.604. The van der Waals surface area contributed by atoms with E-state index < -0.39 is 5.54 Å². The minimum Gasteiger partial charge on any atom is -0.468 e. The second-order valence-electron chi connectivity index (χ2n) is 5.43. The van der Waals surface area contributed by atoms with Gasteiger partial charge in [-0.2, -0.15) is 4.37 Å². The van der Waals surface area contributed by atoms with E-state index in [0.29, 0.717) is 11.7 Å². The van der Waals surface area contributed by atoms with Gasteiger partial charge in [0.1, 0.15) is 11.4 Å². The monoisotopic (exact) mass is 315 g/mol. The normalized spacial score (nSPS) is 18.1. The van der Waals surface area contributed by atoms with E-state index in [1.165, 1.54) is 18.6 Å². The van der Waals surface area contributed by atoms with Crippen LogP contribution in [0, 0.1) is 12.8 Å². The van der Waals surface area contributed by atoms with Crippen LogP contribution in [0.2, 0.25) is 0 Å². The largest absolute Gasteiger partial charge is 0.468 e. The second kappa shape index (κ2) is 6.41. The number of carbonyl (C=O) groups excluding carboxylic acids is 1. The van der Waals surface area contributed by atoms with Crippen LogP contribution in [0.4, 0.5) is 0 Å². The molecule has 1 aromatic rings. The topological polar surface area (TPSA) is 64.1 Å². The van der Waals surface area contributed by atoms with Crippen molar-refractivity contribution in [2.45, 2.75) is 49.5 Å². The second-order valence-corrected chi connectivity index (χ2v) is 7.41. The average Bonchev–Trinajstić information content (AvgIpc) is 3.17. The third-order valence-electron chi connectivity index (χ3n) is 3.30. The van der Waals surface area contributed by atoms with Gasteiger partial charge in [0, 0.05) is 11.8 Å². The Balaban J connectivity index is 2.14. The maximum Gasteiger partial charge on any atom is 0.327 e. The maximum absolute atomic E-state index is 12.3. The van der Waals surface area contributed by atoms with Crippen LogP contribution in [0.1, 0.15) is 32.5 Å². The highest BCUT2D eigenvalue weighted by atomic mass is 32.2. The summed E-state index contributed by atoms with van der Waals surface area (Å²) >= 11 is 2.97. The number of thioether (sulfide) groups is 1. The van der Waals surface area contributed by atoms with Crippen LogP contribution in [0.25, 0.3) is 0 Å². The first kappa shape index (κ1) is 15.7. The van der Waals surface area contributed by atoms with Crippen LogP contribution in [-0.2, 0) is 9.53 Å². The highest BCUT2D eigenvalue weighted by molar-refractivity contribution is 8.01. The van der Waals surface area contributed by atoms with Gasteiger partial charge in [0.2, 0.25) is 0 Å². The fourth-order valence-electron chi connectivity index (χ4n) is 2.35. The summed E-state index contributed by atoms with van der Waals surface area (Å²) in [4.78, 5) is 16.7. The summed E-state index contributed by atoms with van der Waals surface area (Å²) in [5, 5.41) is 3.44. The molecule has 5 nitrogen and oxygen atoms in total. The van der Waals surface area contributed by atoms with E-state index >= 15 is 0 Å². The van der Waals surface area contributed by atoms with E-state index in [1.807, 2.05) is 6.92 Å². The lowest BCUT2D eigenvalue weighted by Gasteiger charge is -2.33.